The van der Waals surface area contributed by atoms with E-state index in [4.69, 9.17) is 4.74 Å². The van der Waals surface area contributed by atoms with Crippen LogP contribution in [0.2, 0.25) is 0 Å². The zero-order chi connectivity index (χ0) is 11.5. The zero-order valence-corrected chi connectivity index (χ0v) is 11.6. The van der Waals surface area contributed by atoms with Gasteiger partial charge in [0.25, 0.3) is 0 Å². The normalized spacial score (nSPS) is 23.0. The summed E-state index contributed by atoms with van der Waals surface area (Å²) in [5.74, 6) is 0.894. The van der Waals surface area contributed by atoms with Gasteiger partial charge in [0.15, 0.2) is 0 Å². The van der Waals surface area contributed by atoms with Gasteiger partial charge >= 0.3 is 0 Å². The third kappa shape index (κ3) is 4.78. The molecule has 0 aromatic rings. The highest BCUT2D eigenvalue weighted by Gasteiger charge is 2.28. The van der Waals surface area contributed by atoms with Crippen molar-refractivity contribution in [3.05, 3.63) is 0 Å². The van der Waals surface area contributed by atoms with E-state index in [9.17, 15) is 0 Å². The summed E-state index contributed by atoms with van der Waals surface area (Å²) in [5.41, 5.74) is 0.759. The fourth-order valence-corrected chi connectivity index (χ4v) is 2.02. The average Bonchev–Trinajstić information content (AvgIpc) is 2.16. The van der Waals surface area contributed by atoms with E-state index in [2.05, 4.69) is 40.3 Å². The molecule has 0 unspecified atom stereocenters. The first-order valence-corrected chi connectivity index (χ1v) is 6.70. The molecule has 0 N–H and O–H groups in total. The maximum Gasteiger partial charge on any atom is 0.0575 e. The van der Waals surface area contributed by atoms with Crippen LogP contribution in [0.1, 0.15) is 53.4 Å². The lowest BCUT2D eigenvalue weighted by Gasteiger charge is -2.35. The minimum absolute atomic E-state index is 0.218. The molecule has 0 heterocycles. The topological polar surface area (TPSA) is 9.23 Å². The minimum atomic E-state index is 0.218. The Morgan fingerprint density at radius 2 is 1.80 bits per heavy atom. The molecule has 15 heavy (non-hydrogen) atoms. The van der Waals surface area contributed by atoms with Crippen molar-refractivity contribution in [1.29, 1.82) is 0 Å². The monoisotopic (exact) mass is 230 g/mol. The summed E-state index contributed by atoms with van der Waals surface area (Å²) in [4.78, 5) is 0. The summed E-state index contributed by atoms with van der Waals surface area (Å²) in [5, 5.41) is 0. The first-order chi connectivity index (χ1) is 6.85. The van der Waals surface area contributed by atoms with E-state index in [-0.39, 0.29) is 5.41 Å². The molecule has 2 heteroatoms. The molecule has 0 spiro atoms. The van der Waals surface area contributed by atoms with E-state index >= 15 is 0 Å². The van der Waals surface area contributed by atoms with Crippen LogP contribution in [-0.4, -0.2) is 18.5 Å². The summed E-state index contributed by atoms with van der Waals surface area (Å²) < 4.78 is 5.98. The first kappa shape index (κ1) is 13.4. The predicted molar refractivity (Wildman–Crippen MR) is 69.6 cm³/mol. The van der Waals surface area contributed by atoms with Gasteiger partial charge in [-0.3, -0.25) is 0 Å². The summed E-state index contributed by atoms with van der Waals surface area (Å²) >= 11 is 4.35. The number of rotatable bonds is 4. The van der Waals surface area contributed by atoms with Crippen LogP contribution in [0, 0.1) is 10.8 Å². The smallest absolute Gasteiger partial charge is 0.0575 e. The molecule has 0 aromatic carbocycles. The van der Waals surface area contributed by atoms with Crippen LogP contribution in [0.15, 0.2) is 0 Å². The van der Waals surface area contributed by atoms with Gasteiger partial charge in [0, 0.05) is 0 Å². The van der Waals surface area contributed by atoms with Gasteiger partial charge in [-0.25, -0.2) is 0 Å². The number of thiol groups is 1. The molecule has 1 rings (SSSR count). The van der Waals surface area contributed by atoms with Crippen molar-refractivity contribution < 1.29 is 4.74 Å². The molecule has 0 amide bonds. The summed E-state index contributed by atoms with van der Waals surface area (Å²) in [7, 11) is 0. The van der Waals surface area contributed by atoms with Crippen molar-refractivity contribution in [2.45, 2.75) is 59.5 Å². The van der Waals surface area contributed by atoms with Crippen LogP contribution in [0.5, 0.6) is 0 Å². The van der Waals surface area contributed by atoms with Crippen LogP contribution >= 0.6 is 12.6 Å². The Hall–Kier alpha value is 0.310. The van der Waals surface area contributed by atoms with Crippen LogP contribution in [0.3, 0.4) is 0 Å². The van der Waals surface area contributed by atoms with Crippen molar-refractivity contribution in [3.8, 4) is 0 Å². The molecule has 0 aliphatic heterocycles. The van der Waals surface area contributed by atoms with Gasteiger partial charge < -0.3 is 4.74 Å². The van der Waals surface area contributed by atoms with Gasteiger partial charge in [0.05, 0.1) is 12.7 Å². The third-order valence-electron chi connectivity index (χ3n) is 3.42. The van der Waals surface area contributed by atoms with E-state index in [1.54, 1.807) is 0 Å². The van der Waals surface area contributed by atoms with Crippen molar-refractivity contribution in [2.75, 3.05) is 12.4 Å². The molecule has 0 aromatic heterocycles. The Kier molecular flexibility index (Phi) is 4.54. The molecular formula is C13H26OS. The molecule has 1 fully saturated rings. The van der Waals surface area contributed by atoms with Gasteiger partial charge in [-0.1, -0.05) is 27.7 Å². The van der Waals surface area contributed by atoms with Gasteiger partial charge in [-0.05, 0) is 42.3 Å². The predicted octanol–water partition coefficient (Wildman–Crippen LogP) is 3.93. The van der Waals surface area contributed by atoms with Crippen molar-refractivity contribution in [1.82, 2.24) is 0 Å². The number of hydrogen-bond donors (Lipinski definition) is 1. The second kappa shape index (κ2) is 5.09. The van der Waals surface area contributed by atoms with Crippen LogP contribution in [0.25, 0.3) is 0 Å². The Morgan fingerprint density at radius 1 is 1.27 bits per heavy atom. The Balaban J connectivity index is 2.25. The third-order valence-corrected chi connectivity index (χ3v) is 4.28. The average molecular weight is 230 g/mol. The second-order valence-corrected chi connectivity index (χ2v) is 6.81. The van der Waals surface area contributed by atoms with E-state index in [0.717, 1.165) is 12.4 Å². The van der Waals surface area contributed by atoms with Gasteiger partial charge in [0.2, 0.25) is 0 Å². The maximum absolute atomic E-state index is 5.98. The Labute approximate surface area is 100 Å². The van der Waals surface area contributed by atoms with Gasteiger partial charge in [0.1, 0.15) is 0 Å². The first-order valence-electron chi connectivity index (χ1n) is 6.07. The second-order valence-electron chi connectivity index (χ2n) is 6.50. The molecule has 0 atom stereocenters. The van der Waals surface area contributed by atoms with Gasteiger partial charge in [-0.15, -0.1) is 0 Å². The molecule has 0 saturated heterocycles. The van der Waals surface area contributed by atoms with Crippen LogP contribution in [-0.2, 0) is 4.74 Å². The van der Waals surface area contributed by atoms with E-state index < -0.39 is 0 Å². The highest BCUT2D eigenvalue weighted by Crippen LogP contribution is 2.36. The summed E-state index contributed by atoms with van der Waals surface area (Å²) in [6.07, 6.45) is 5.57. The molecule has 1 aliphatic rings. The van der Waals surface area contributed by atoms with Crippen molar-refractivity contribution in [2.24, 2.45) is 10.8 Å². The summed E-state index contributed by atoms with van der Waals surface area (Å²) in [6, 6.07) is 0. The fraction of sp³-hybridized carbons (Fsp3) is 1.00. The standard InChI is InChI=1S/C13H26OS/c1-12(2)7-5-11(6-8-12)14-9-13(3,4)10-15/h11,15H,5-10H2,1-4H3. The Morgan fingerprint density at radius 3 is 2.27 bits per heavy atom. The SMILES string of the molecule is CC1(C)CCC(OCC(C)(C)CS)CC1. The molecule has 1 nitrogen and oxygen atoms in total. The largest absolute Gasteiger partial charge is 0.378 e. The number of ether oxygens (including phenoxy) is 1. The molecular weight excluding hydrogens is 204 g/mol. The van der Waals surface area contributed by atoms with Crippen molar-refractivity contribution >= 4 is 12.6 Å². The van der Waals surface area contributed by atoms with Crippen molar-refractivity contribution in [3.63, 3.8) is 0 Å². The lowest BCUT2D eigenvalue weighted by molar-refractivity contribution is -0.0254. The number of hydrogen-bond acceptors (Lipinski definition) is 2. The highest BCUT2D eigenvalue weighted by atomic mass is 32.1. The minimum Gasteiger partial charge on any atom is -0.378 e. The Bertz CT molecular complexity index is 189. The molecule has 1 aliphatic carbocycles. The zero-order valence-electron chi connectivity index (χ0n) is 10.7. The fourth-order valence-electron chi connectivity index (χ4n) is 1.93. The lowest BCUT2D eigenvalue weighted by Crippen LogP contribution is -2.30. The van der Waals surface area contributed by atoms with Gasteiger partial charge in [-0.2, -0.15) is 12.6 Å². The van der Waals surface area contributed by atoms with Crippen LogP contribution in [0.4, 0.5) is 0 Å². The quantitative estimate of drug-likeness (QED) is 0.720. The van der Waals surface area contributed by atoms with E-state index in [1.807, 2.05) is 0 Å². The maximum atomic E-state index is 5.98. The molecule has 90 valence electrons. The van der Waals surface area contributed by atoms with Crippen LogP contribution < -0.4 is 0 Å². The van der Waals surface area contributed by atoms with E-state index in [0.29, 0.717) is 11.5 Å². The highest BCUT2D eigenvalue weighted by molar-refractivity contribution is 7.80. The molecule has 1 saturated carbocycles. The lowest BCUT2D eigenvalue weighted by atomic mass is 9.76. The molecule has 0 bridgehead atoms. The molecule has 0 radical (unpaired) electrons. The summed E-state index contributed by atoms with van der Waals surface area (Å²) in [6.45, 7) is 10.0. The van der Waals surface area contributed by atoms with E-state index in [1.165, 1.54) is 25.7 Å².